The molecule has 4 aromatic heterocycles. The second kappa shape index (κ2) is 13.3. The zero-order valence-electron chi connectivity index (χ0n) is 28.7. The lowest BCUT2D eigenvalue weighted by Crippen LogP contribution is -2.27. The second-order valence-electron chi connectivity index (χ2n) is 13.3. The number of hydrogen-bond acceptors (Lipinski definition) is 1. The first kappa shape index (κ1) is 33.1. The molecule has 0 radical (unpaired) electrons. The maximum atomic E-state index is 14.6. The molecule has 9 rings (SSSR count). The lowest BCUT2D eigenvalue weighted by atomic mass is 9.99. The van der Waals surface area contributed by atoms with Crippen molar-refractivity contribution in [2.75, 3.05) is 0 Å². The molecule has 0 saturated carbocycles. The van der Waals surface area contributed by atoms with E-state index in [1.807, 2.05) is 133 Å². The zero-order valence-corrected chi connectivity index (χ0v) is 28.7. The average molecular weight is 715 g/mol. The Morgan fingerprint density at radius 3 is 1.13 bits per heavy atom. The van der Waals surface area contributed by atoms with Crippen LogP contribution in [0.2, 0.25) is 0 Å². The molecule has 8 bridgehead atoms. The van der Waals surface area contributed by atoms with E-state index in [1.165, 1.54) is 6.07 Å². The smallest absolute Gasteiger partial charge is 0.379 e. The second-order valence-corrected chi connectivity index (χ2v) is 13.3. The summed E-state index contributed by atoms with van der Waals surface area (Å²) in [5.41, 5.74) is 8.86. The van der Waals surface area contributed by atoms with Gasteiger partial charge in [0, 0.05) is 66.7 Å². The summed E-state index contributed by atoms with van der Waals surface area (Å²) in [4.78, 5) is 14.4. The Morgan fingerprint density at radius 1 is 0.389 bits per heavy atom. The molecule has 0 fully saturated rings. The lowest BCUT2D eigenvalue weighted by molar-refractivity contribution is -0.207. The van der Waals surface area contributed by atoms with E-state index in [9.17, 15) is 18.3 Å². The summed E-state index contributed by atoms with van der Waals surface area (Å²) in [5.74, 6) is 0. The Bertz CT molecular complexity index is 2860. The monoisotopic (exact) mass is 714 g/mol. The van der Waals surface area contributed by atoms with Crippen molar-refractivity contribution in [1.82, 2.24) is 19.9 Å². The minimum absolute atomic E-state index is 0.154. The number of hydrogen-bond donors (Lipinski definition) is 5. The van der Waals surface area contributed by atoms with Crippen LogP contribution >= 0.6 is 0 Å². The van der Waals surface area contributed by atoms with E-state index >= 15 is 0 Å². The van der Waals surface area contributed by atoms with Crippen LogP contribution in [0.15, 0.2) is 164 Å². The number of nitrogens with one attached hydrogen (secondary N) is 4. The highest BCUT2D eigenvalue weighted by molar-refractivity contribution is 5.85. The van der Waals surface area contributed by atoms with Gasteiger partial charge in [-0.05, 0) is 64.7 Å². The number of aliphatic hydroxyl groups is 1. The molecular formula is C46H33F3N4O. The molecular weight excluding hydrogens is 682 g/mol. The summed E-state index contributed by atoms with van der Waals surface area (Å²) in [6.07, 6.45) is -7.69. The maximum absolute atomic E-state index is 14.6. The number of H-pyrrole nitrogens is 4. The van der Waals surface area contributed by atoms with E-state index in [0.717, 1.165) is 49.9 Å². The van der Waals surface area contributed by atoms with Crippen molar-refractivity contribution >= 4 is 22.3 Å². The van der Waals surface area contributed by atoms with Crippen molar-refractivity contribution in [3.05, 3.63) is 236 Å². The predicted molar refractivity (Wildman–Crippen MR) is 205 cm³/mol. The fraction of sp³-hybridized carbons (Fsp3) is 0.0435. The molecule has 54 heavy (non-hydrogen) atoms. The van der Waals surface area contributed by atoms with Crippen LogP contribution in [0.1, 0.15) is 56.7 Å². The molecule has 0 spiro atoms. The highest BCUT2D eigenvalue weighted by atomic mass is 19.4. The third kappa shape index (κ3) is 5.92. The minimum atomic E-state index is -4.93. The third-order valence-corrected chi connectivity index (χ3v) is 9.90. The zero-order chi connectivity index (χ0) is 36.8. The summed E-state index contributed by atoms with van der Waals surface area (Å²) in [7, 11) is 0. The molecule has 5 nitrogen and oxygen atoms in total. The number of aromatic amines is 4. The topological polar surface area (TPSA) is 83.4 Å². The number of aliphatic hydroxyl groups excluding tert-OH is 1. The van der Waals surface area contributed by atoms with Gasteiger partial charge in [0.15, 0.2) is 6.10 Å². The summed E-state index contributed by atoms with van der Waals surface area (Å²) in [6.45, 7) is 0. The molecule has 1 aliphatic heterocycles. The van der Waals surface area contributed by atoms with Crippen LogP contribution in [0.25, 0.3) is 22.3 Å². The number of fused-ring (bicyclic) bond motifs is 8. The van der Waals surface area contributed by atoms with Crippen LogP contribution < -0.4 is 21.4 Å². The number of benzene rings is 4. The molecule has 1 atom stereocenters. The Kier molecular flexibility index (Phi) is 8.17. The minimum Gasteiger partial charge on any atom is -0.379 e. The van der Waals surface area contributed by atoms with E-state index in [2.05, 4.69) is 44.2 Å². The van der Waals surface area contributed by atoms with Crippen molar-refractivity contribution in [3.63, 3.8) is 0 Å². The van der Waals surface area contributed by atoms with Gasteiger partial charge in [0.25, 0.3) is 0 Å². The Morgan fingerprint density at radius 2 is 0.741 bits per heavy atom. The first-order chi connectivity index (χ1) is 26.3. The number of rotatable bonds is 5. The first-order valence-corrected chi connectivity index (χ1v) is 17.6. The largest absolute Gasteiger partial charge is 0.418 e. The highest BCUT2D eigenvalue weighted by Crippen LogP contribution is 2.33. The van der Waals surface area contributed by atoms with Gasteiger partial charge in [-0.1, -0.05) is 121 Å². The van der Waals surface area contributed by atoms with Gasteiger partial charge in [0.2, 0.25) is 0 Å². The van der Waals surface area contributed by atoms with Crippen LogP contribution in [0.3, 0.4) is 0 Å². The van der Waals surface area contributed by atoms with Crippen LogP contribution in [0.5, 0.6) is 0 Å². The predicted octanol–water partition coefficient (Wildman–Crippen LogP) is 6.90. The normalized spacial score (nSPS) is 13.7. The van der Waals surface area contributed by atoms with Gasteiger partial charge >= 0.3 is 6.18 Å². The molecule has 264 valence electrons. The quantitative estimate of drug-likeness (QED) is 0.132. The van der Waals surface area contributed by atoms with E-state index < -0.39 is 12.3 Å². The summed E-state index contributed by atoms with van der Waals surface area (Å²) in [5, 5.41) is 13.4. The Labute approximate surface area is 307 Å². The highest BCUT2D eigenvalue weighted by Gasteiger charge is 2.41. The van der Waals surface area contributed by atoms with Crippen LogP contribution in [0.4, 0.5) is 13.2 Å². The standard InChI is InChI=1S/C46H33F3N4O/c47-46(48,49)45(54)32-27-39-42(30-17-9-3-10-18-30)37-24-23-35(51-37)40(28-13-5-1-6-14-28)33-21-22-34(50-33)41(29-15-7-2-8-16-29)36-25-26-38(52-36)43(44(32)53-39)31-19-11-4-12-20-31/h1-27,45,50-54H. The molecule has 5 heterocycles. The van der Waals surface area contributed by atoms with Crippen molar-refractivity contribution in [2.45, 2.75) is 12.3 Å². The van der Waals surface area contributed by atoms with Crippen LogP contribution in [-0.4, -0.2) is 31.2 Å². The van der Waals surface area contributed by atoms with Gasteiger partial charge in [0.05, 0.1) is 5.35 Å². The van der Waals surface area contributed by atoms with Gasteiger partial charge in [0.1, 0.15) is 0 Å². The fourth-order valence-electron chi connectivity index (χ4n) is 7.49. The van der Waals surface area contributed by atoms with Gasteiger partial charge in [-0.25, -0.2) is 0 Å². The van der Waals surface area contributed by atoms with Gasteiger partial charge in [-0.15, -0.1) is 0 Å². The SMILES string of the molecule is OC(c1cc2[nH]c1=C(c1ccccc1)c1ccc([nH]1)C(c1ccccc1)=c1ccc([nH]1)=C(c1ccccc1)c1ccc([nH]1)C=2c1ccccc1)C(F)(F)F. The van der Waals surface area contributed by atoms with Gasteiger partial charge in [-0.2, -0.15) is 13.2 Å². The van der Waals surface area contributed by atoms with Crippen molar-refractivity contribution in [1.29, 1.82) is 0 Å². The van der Waals surface area contributed by atoms with Gasteiger partial charge < -0.3 is 25.0 Å². The molecule has 0 saturated heterocycles. The summed E-state index contributed by atoms with van der Waals surface area (Å²) < 4.78 is 43.8. The molecule has 8 aromatic rings. The molecule has 0 aliphatic carbocycles. The maximum Gasteiger partial charge on any atom is 0.418 e. The summed E-state index contributed by atoms with van der Waals surface area (Å²) >= 11 is 0. The average Bonchev–Trinajstić information content (AvgIpc) is 4.03. The Balaban J connectivity index is 1.49. The number of alkyl halides is 3. The van der Waals surface area contributed by atoms with E-state index in [1.54, 1.807) is 0 Å². The molecule has 0 amide bonds. The van der Waals surface area contributed by atoms with Crippen molar-refractivity contribution in [2.24, 2.45) is 0 Å². The van der Waals surface area contributed by atoms with Crippen molar-refractivity contribution < 1.29 is 18.3 Å². The molecule has 5 N–H and O–H groups in total. The van der Waals surface area contributed by atoms with E-state index in [4.69, 9.17) is 0 Å². The van der Waals surface area contributed by atoms with Crippen molar-refractivity contribution in [3.8, 4) is 0 Å². The van der Waals surface area contributed by atoms with Gasteiger partial charge in [-0.3, -0.25) is 0 Å². The molecule has 8 heteroatoms. The molecule has 4 aromatic carbocycles. The molecule has 1 unspecified atom stereocenters. The Hall–Kier alpha value is -6.77. The fourth-order valence-corrected chi connectivity index (χ4v) is 7.49. The molecule has 1 aliphatic rings. The first-order valence-electron chi connectivity index (χ1n) is 17.6. The van der Waals surface area contributed by atoms with E-state index in [0.29, 0.717) is 33.4 Å². The number of halogens is 3. The number of aromatic nitrogens is 4. The van der Waals surface area contributed by atoms with Crippen LogP contribution in [-0.2, 0) is 0 Å². The summed E-state index contributed by atoms with van der Waals surface area (Å²) in [6, 6.07) is 52.2. The third-order valence-electron chi connectivity index (χ3n) is 9.90. The van der Waals surface area contributed by atoms with E-state index in [-0.39, 0.29) is 10.9 Å². The lowest BCUT2D eigenvalue weighted by Gasteiger charge is -2.15. The van der Waals surface area contributed by atoms with Crippen LogP contribution in [0, 0.1) is 0 Å².